The number of esters is 1. The summed E-state index contributed by atoms with van der Waals surface area (Å²) in [5.41, 5.74) is -5.15. The van der Waals surface area contributed by atoms with E-state index in [0.29, 0.717) is 6.07 Å². The molecule has 1 N–H and O–H groups in total. The smallest absolute Gasteiger partial charge is 0.431 e. The number of ether oxygens (including phenoxy) is 2. The van der Waals surface area contributed by atoms with Crippen LogP contribution in [0.25, 0.3) is 5.69 Å². The predicted molar refractivity (Wildman–Crippen MR) is 107 cm³/mol. The summed E-state index contributed by atoms with van der Waals surface area (Å²) in [6.45, 7) is 1.24. The predicted octanol–water partition coefficient (Wildman–Crippen LogP) is 1.79. The minimum Gasteiger partial charge on any atom is -0.479 e. The molecule has 0 aliphatic heterocycles. The number of aromatic nitrogens is 2. The van der Waals surface area contributed by atoms with E-state index in [2.05, 4.69) is 10.1 Å². The van der Waals surface area contributed by atoms with Gasteiger partial charge in [-0.1, -0.05) is 11.6 Å². The molecule has 0 aliphatic rings. The minimum atomic E-state index is -4.99. The van der Waals surface area contributed by atoms with Gasteiger partial charge in [0.25, 0.3) is 11.5 Å². The number of halogens is 5. The lowest BCUT2D eigenvalue weighted by molar-refractivity contribution is -0.144. The van der Waals surface area contributed by atoms with Crippen LogP contribution < -0.4 is 21.3 Å². The second kappa shape index (κ2) is 10.1. The Balaban J connectivity index is 2.40. The van der Waals surface area contributed by atoms with E-state index in [1.165, 1.54) is 14.0 Å². The van der Waals surface area contributed by atoms with Crippen molar-refractivity contribution in [2.24, 2.45) is 7.05 Å². The summed E-state index contributed by atoms with van der Waals surface area (Å²) in [5, 5.41) is 2.06. The van der Waals surface area contributed by atoms with Gasteiger partial charge in [0.2, 0.25) is 0 Å². The number of benzene rings is 1. The highest BCUT2D eigenvalue weighted by Crippen LogP contribution is 2.30. The lowest BCUT2D eigenvalue weighted by atomic mass is 10.2. The van der Waals surface area contributed by atoms with E-state index in [1.54, 1.807) is 0 Å². The standard InChI is InChI=1S/C19H18ClF4N3O6/c1-9(17(30)25-5-4-16(29)32-3)33-13-7-12(11(21)6-10(13)20)27-15(28)8-14(19(22,23)24)26(2)18(27)31/h6-9H,4-5H2,1-3H3,(H,25,30). The van der Waals surface area contributed by atoms with Gasteiger partial charge < -0.3 is 14.8 Å². The fourth-order valence-electron chi connectivity index (χ4n) is 2.68. The van der Waals surface area contributed by atoms with Crippen LogP contribution in [0.4, 0.5) is 17.6 Å². The molecule has 0 bridgehead atoms. The van der Waals surface area contributed by atoms with E-state index in [9.17, 15) is 36.7 Å². The van der Waals surface area contributed by atoms with E-state index < -0.39 is 52.6 Å². The molecule has 1 heterocycles. The molecule has 1 unspecified atom stereocenters. The summed E-state index contributed by atoms with van der Waals surface area (Å²) in [5.74, 6) is -2.75. The molecule has 1 amide bonds. The van der Waals surface area contributed by atoms with Crippen LogP contribution in [0.3, 0.4) is 0 Å². The molecule has 0 saturated heterocycles. The Labute approximate surface area is 188 Å². The molecule has 9 nitrogen and oxygen atoms in total. The summed E-state index contributed by atoms with van der Waals surface area (Å²) in [6.07, 6.45) is -6.31. The van der Waals surface area contributed by atoms with Gasteiger partial charge in [0.15, 0.2) is 6.10 Å². The summed E-state index contributed by atoms with van der Waals surface area (Å²) < 4.78 is 63.7. The number of nitrogens with zero attached hydrogens (tertiary/aromatic N) is 2. The van der Waals surface area contributed by atoms with Crippen molar-refractivity contribution < 1.29 is 36.6 Å². The summed E-state index contributed by atoms with van der Waals surface area (Å²) in [7, 11) is 1.95. The molecule has 2 rings (SSSR count). The SMILES string of the molecule is COC(=O)CCNC(=O)C(C)Oc1cc(-n2c(=O)cc(C(F)(F)F)n(C)c2=O)c(F)cc1Cl. The van der Waals surface area contributed by atoms with Crippen molar-refractivity contribution in [1.82, 2.24) is 14.5 Å². The zero-order chi connectivity index (χ0) is 25.1. The van der Waals surface area contributed by atoms with Crippen molar-refractivity contribution in [3.63, 3.8) is 0 Å². The average molecular weight is 496 g/mol. The Morgan fingerprint density at radius 2 is 1.85 bits per heavy atom. The number of rotatable bonds is 7. The monoisotopic (exact) mass is 495 g/mol. The topological polar surface area (TPSA) is 109 Å². The van der Waals surface area contributed by atoms with Crippen LogP contribution in [0.15, 0.2) is 27.8 Å². The van der Waals surface area contributed by atoms with Gasteiger partial charge in [0.1, 0.15) is 17.3 Å². The number of carbonyl (C=O) groups excluding carboxylic acids is 2. The average Bonchev–Trinajstić information content (AvgIpc) is 2.72. The molecule has 33 heavy (non-hydrogen) atoms. The molecule has 1 atom stereocenters. The fourth-order valence-corrected chi connectivity index (χ4v) is 2.87. The zero-order valence-electron chi connectivity index (χ0n) is 17.5. The zero-order valence-corrected chi connectivity index (χ0v) is 18.2. The van der Waals surface area contributed by atoms with E-state index in [4.69, 9.17) is 16.3 Å². The van der Waals surface area contributed by atoms with E-state index in [1.807, 2.05) is 0 Å². The van der Waals surface area contributed by atoms with Gasteiger partial charge in [-0.15, -0.1) is 0 Å². The highest BCUT2D eigenvalue weighted by molar-refractivity contribution is 6.32. The highest BCUT2D eigenvalue weighted by atomic mass is 35.5. The van der Waals surface area contributed by atoms with Crippen molar-refractivity contribution in [3.8, 4) is 11.4 Å². The van der Waals surface area contributed by atoms with Crippen LogP contribution in [0, 0.1) is 5.82 Å². The van der Waals surface area contributed by atoms with Gasteiger partial charge in [0.05, 0.1) is 24.2 Å². The van der Waals surface area contributed by atoms with Crippen molar-refractivity contribution in [1.29, 1.82) is 0 Å². The van der Waals surface area contributed by atoms with Gasteiger partial charge in [-0.05, 0) is 13.0 Å². The van der Waals surface area contributed by atoms with Crippen LogP contribution in [0.2, 0.25) is 5.02 Å². The lowest BCUT2D eigenvalue weighted by Crippen LogP contribution is -2.41. The number of hydrogen-bond acceptors (Lipinski definition) is 6. The molecule has 0 radical (unpaired) electrons. The molecule has 2 aromatic rings. The van der Waals surface area contributed by atoms with E-state index >= 15 is 0 Å². The Hall–Kier alpha value is -3.35. The highest BCUT2D eigenvalue weighted by Gasteiger charge is 2.35. The van der Waals surface area contributed by atoms with Crippen molar-refractivity contribution >= 4 is 23.5 Å². The Morgan fingerprint density at radius 1 is 1.21 bits per heavy atom. The van der Waals surface area contributed by atoms with Crippen LogP contribution in [-0.2, 0) is 27.5 Å². The summed E-state index contributed by atoms with van der Waals surface area (Å²) in [6, 6.07) is 1.64. The minimum absolute atomic E-state index is 0.0569. The maximum Gasteiger partial charge on any atom is 0.431 e. The number of alkyl halides is 3. The molecule has 0 spiro atoms. The van der Waals surface area contributed by atoms with Gasteiger partial charge in [-0.3, -0.25) is 19.0 Å². The maximum absolute atomic E-state index is 14.5. The third-order valence-electron chi connectivity index (χ3n) is 4.38. The molecule has 1 aromatic carbocycles. The third kappa shape index (κ3) is 5.92. The van der Waals surface area contributed by atoms with Crippen LogP contribution in [0.1, 0.15) is 19.0 Å². The summed E-state index contributed by atoms with van der Waals surface area (Å²) >= 11 is 5.92. The molecule has 1 aromatic heterocycles. The number of amides is 1. The molecular weight excluding hydrogens is 478 g/mol. The second-order valence-corrected chi connectivity index (χ2v) is 7.06. The third-order valence-corrected chi connectivity index (χ3v) is 4.68. The first kappa shape index (κ1) is 25.9. The van der Waals surface area contributed by atoms with Crippen LogP contribution >= 0.6 is 11.6 Å². The summed E-state index contributed by atoms with van der Waals surface area (Å²) in [4.78, 5) is 47.9. The normalized spacial score (nSPS) is 12.2. The Morgan fingerprint density at radius 3 is 2.42 bits per heavy atom. The fraction of sp³-hybridized carbons (Fsp3) is 0.368. The van der Waals surface area contributed by atoms with E-state index in [0.717, 1.165) is 13.1 Å². The Kier molecular flexibility index (Phi) is 7.90. The number of carbonyl (C=O) groups is 2. The molecule has 180 valence electrons. The largest absolute Gasteiger partial charge is 0.479 e. The Bertz CT molecular complexity index is 1190. The number of hydrogen-bond donors (Lipinski definition) is 1. The molecule has 0 aliphatic carbocycles. The lowest BCUT2D eigenvalue weighted by Gasteiger charge is -2.18. The first-order valence-electron chi connectivity index (χ1n) is 9.18. The van der Waals surface area contributed by atoms with Gasteiger partial charge in [-0.2, -0.15) is 13.2 Å². The van der Waals surface area contributed by atoms with Crippen molar-refractivity contribution in [2.45, 2.75) is 25.6 Å². The molecule has 0 fully saturated rings. The van der Waals surface area contributed by atoms with Gasteiger partial charge in [-0.25, -0.2) is 13.8 Å². The first-order valence-corrected chi connectivity index (χ1v) is 9.56. The van der Waals surface area contributed by atoms with Crippen molar-refractivity contribution in [3.05, 3.63) is 55.6 Å². The quantitative estimate of drug-likeness (QED) is 0.463. The molecule has 14 heteroatoms. The maximum atomic E-state index is 14.5. The van der Waals surface area contributed by atoms with Crippen LogP contribution in [-0.4, -0.2) is 40.8 Å². The van der Waals surface area contributed by atoms with Crippen LogP contribution in [0.5, 0.6) is 5.75 Å². The first-order chi connectivity index (χ1) is 15.3. The van der Waals surface area contributed by atoms with Gasteiger partial charge in [0, 0.05) is 25.7 Å². The van der Waals surface area contributed by atoms with E-state index in [-0.39, 0.29) is 38.9 Å². The number of methoxy groups -OCH3 is 1. The molecule has 0 saturated carbocycles. The number of nitrogens with one attached hydrogen (secondary N) is 1. The van der Waals surface area contributed by atoms with Crippen molar-refractivity contribution in [2.75, 3.05) is 13.7 Å². The van der Waals surface area contributed by atoms with Gasteiger partial charge >= 0.3 is 17.8 Å². The second-order valence-electron chi connectivity index (χ2n) is 6.65. The molecular formula is C19H18ClF4N3O6.